The highest BCUT2D eigenvalue weighted by Gasteiger charge is 2.13. The van der Waals surface area contributed by atoms with Crippen LogP contribution >= 0.6 is 12.4 Å². The summed E-state index contributed by atoms with van der Waals surface area (Å²) in [4.78, 5) is 13.3. The summed E-state index contributed by atoms with van der Waals surface area (Å²) in [6.07, 6.45) is 0.784. The molecular formula is C14H20ClNO4. The number of nitrogens with zero attached hydrogens (tertiary/aromatic N) is 1. The number of morpholine rings is 1. The first-order chi connectivity index (χ1) is 9.35. The first-order valence-corrected chi connectivity index (χ1v) is 6.40. The van der Waals surface area contributed by atoms with E-state index in [2.05, 4.69) is 4.90 Å². The Balaban J connectivity index is 0.00000200. The molecule has 0 radical (unpaired) electrons. The lowest BCUT2D eigenvalue weighted by atomic mass is 10.2. The van der Waals surface area contributed by atoms with E-state index in [1.807, 2.05) is 0 Å². The van der Waals surface area contributed by atoms with E-state index in [-0.39, 0.29) is 12.4 Å². The van der Waals surface area contributed by atoms with Crippen molar-refractivity contribution < 1.29 is 19.0 Å². The van der Waals surface area contributed by atoms with E-state index in [1.54, 1.807) is 25.3 Å². The summed E-state index contributed by atoms with van der Waals surface area (Å²) in [7, 11) is 1.57. The molecule has 20 heavy (non-hydrogen) atoms. The average Bonchev–Trinajstić information content (AvgIpc) is 2.48. The Labute approximate surface area is 125 Å². The van der Waals surface area contributed by atoms with E-state index in [4.69, 9.17) is 14.2 Å². The fourth-order valence-corrected chi connectivity index (χ4v) is 2.04. The molecule has 1 aromatic carbocycles. The molecule has 6 heteroatoms. The Kier molecular flexibility index (Phi) is 7.36. The van der Waals surface area contributed by atoms with Gasteiger partial charge in [0.05, 0.1) is 25.9 Å². The minimum absolute atomic E-state index is 0. The standard InChI is InChI=1S/C14H19NO4.ClH/c1-17-13-4-2-3-12(11-16)14(13)19-10-7-15-5-8-18-9-6-15;/h2-4,11H,5-10H2,1H3;1H. The third-order valence-electron chi connectivity index (χ3n) is 3.11. The predicted octanol–water partition coefficient (Wildman–Crippen LogP) is 1.64. The molecule has 0 N–H and O–H groups in total. The summed E-state index contributed by atoms with van der Waals surface area (Å²) < 4.78 is 16.2. The van der Waals surface area contributed by atoms with Crippen molar-refractivity contribution in [2.75, 3.05) is 46.6 Å². The van der Waals surface area contributed by atoms with Crippen molar-refractivity contribution in [3.8, 4) is 11.5 Å². The van der Waals surface area contributed by atoms with Crippen molar-refractivity contribution in [2.45, 2.75) is 0 Å². The van der Waals surface area contributed by atoms with Crippen LogP contribution in [0.25, 0.3) is 0 Å². The summed E-state index contributed by atoms with van der Waals surface area (Å²) in [6, 6.07) is 5.29. The molecule has 0 aromatic heterocycles. The second kappa shape index (κ2) is 8.79. The van der Waals surface area contributed by atoms with E-state index >= 15 is 0 Å². The number of methoxy groups -OCH3 is 1. The minimum atomic E-state index is 0. The predicted molar refractivity (Wildman–Crippen MR) is 78.4 cm³/mol. The first-order valence-electron chi connectivity index (χ1n) is 6.40. The highest BCUT2D eigenvalue weighted by Crippen LogP contribution is 2.29. The molecule has 0 amide bonds. The molecule has 1 aliphatic rings. The van der Waals surface area contributed by atoms with Gasteiger partial charge in [0.2, 0.25) is 0 Å². The molecule has 1 aliphatic heterocycles. The topological polar surface area (TPSA) is 48.0 Å². The lowest BCUT2D eigenvalue weighted by Gasteiger charge is -2.26. The SMILES string of the molecule is COc1cccc(C=O)c1OCCN1CCOCC1.Cl. The number of hydrogen-bond acceptors (Lipinski definition) is 5. The van der Waals surface area contributed by atoms with Crippen LogP contribution in [0.1, 0.15) is 10.4 Å². The van der Waals surface area contributed by atoms with Gasteiger partial charge in [0.15, 0.2) is 17.8 Å². The van der Waals surface area contributed by atoms with Crippen LogP contribution in [0.4, 0.5) is 0 Å². The van der Waals surface area contributed by atoms with Gasteiger partial charge in [0, 0.05) is 19.6 Å². The lowest BCUT2D eigenvalue weighted by Crippen LogP contribution is -2.38. The smallest absolute Gasteiger partial charge is 0.171 e. The molecule has 1 fully saturated rings. The highest BCUT2D eigenvalue weighted by atomic mass is 35.5. The molecule has 0 unspecified atom stereocenters. The van der Waals surface area contributed by atoms with Crippen molar-refractivity contribution in [1.82, 2.24) is 4.90 Å². The van der Waals surface area contributed by atoms with Crippen molar-refractivity contribution in [2.24, 2.45) is 0 Å². The molecule has 1 heterocycles. The lowest BCUT2D eigenvalue weighted by molar-refractivity contribution is 0.0321. The van der Waals surface area contributed by atoms with E-state index in [0.29, 0.717) is 23.7 Å². The molecule has 2 rings (SSSR count). The third-order valence-corrected chi connectivity index (χ3v) is 3.11. The molecule has 0 bridgehead atoms. The van der Waals surface area contributed by atoms with Gasteiger partial charge in [0.1, 0.15) is 6.61 Å². The number of hydrogen-bond donors (Lipinski definition) is 0. The first kappa shape index (κ1) is 16.8. The van der Waals surface area contributed by atoms with Gasteiger partial charge in [-0.3, -0.25) is 9.69 Å². The molecule has 0 spiro atoms. The number of aldehydes is 1. The largest absolute Gasteiger partial charge is 0.493 e. The van der Waals surface area contributed by atoms with Crippen LogP contribution in [0.2, 0.25) is 0 Å². The van der Waals surface area contributed by atoms with Gasteiger partial charge in [-0.15, -0.1) is 12.4 Å². The molecule has 0 atom stereocenters. The van der Waals surface area contributed by atoms with Crippen LogP contribution in [0, 0.1) is 0 Å². The number of carbonyl (C=O) groups excluding carboxylic acids is 1. The maximum atomic E-state index is 11.0. The Bertz CT molecular complexity index is 422. The number of halogens is 1. The Morgan fingerprint density at radius 1 is 1.35 bits per heavy atom. The maximum Gasteiger partial charge on any atom is 0.171 e. The zero-order chi connectivity index (χ0) is 13.5. The van der Waals surface area contributed by atoms with Crippen LogP contribution in [0.3, 0.4) is 0 Å². The van der Waals surface area contributed by atoms with E-state index in [9.17, 15) is 4.79 Å². The zero-order valence-corrected chi connectivity index (χ0v) is 12.4. The van der Waals surface area contributed by atoms with Crippen LogP contribution in [-0.4, -0.2) is 57.8 Å². The van der Waals surface area contributed by atoms with Gasteiger partial charge in [-0.2, -0.15) is 0 Å². The van der Waals surface area contributed by atoms with Gasteiger partial charge in [0.25, 0.3) is 0 Å². The minimum Gasteiger partial charge on any atom is -0.493 e. The van der Waals surface area contributed by atoms with Crippen LogP contribution in [0.15, 0.2) is 18.2 Å². The van der Waals surface area contributed by atoms with Crippen molar-refractivity contribution in [3.63, 3.8) is 0 Å². The summed E-state index contributed by atoms with van der Waals surface area (Å²) in [5.74, 6) is 1.11. The number of benzene rings is 1. The van der Waals surface area contributed by atoms with Crippen LogP contribution in [-0.2, 0) is 4.74 Å². The number of carbonyl (C=O) groups is 1. The Morgan fingerprint density at radius 3 is 2.75 bits per heavy atom. The maximum absolute atomic E-state index is 11.0. The number of rotatable bonds is 6. The Hall–Kier alpha value is -1.30. The molecule has 5 nitrogen and oxygen atoms in total. The second-order valence-electron chi connectivity index (χ2n) is 4.30. The van der Waals surface area contributed by atoms with Gasteiger partial charge in [-0.25, -0.2) is 0 Å². The zero-order valence-electron chi connectivity index (χ0n) is 11.5. The molecular weight excluding hydrogens is 282 g/mol. The van der Waals surface area contributed by atoms with Gasteiger partial charge in [-0.05, 0) is 12.1 Å². The Morgan fingerprint density at radius 2 is 2.10 bits per heavy atom. The van der Waals surface area contributed by atoms with E-state index in [1.165, 1.54) is 0 Å². The van der Waals surface area contributed by atoms with Crippen LogP contribution < -0.4 is 9.47 Å². The average molecular weight is 302 g/mol. The highest BCUT2D eigenvalue weighted by molar-refractivity contribution is 5.85. The fraction of sp³-hybridized carbons (Fsp3) is 0.500. The van der Waals surface area contributed by atoms with Crippen molar-refractivity contribution in [3.05, 3.63) is 23.8 Å². The monoisotopic (exact) mass is 301 g/mol. The molecule has 1 saturated heterocycles. The molecule has 0 saturated carbocycles. The summed E-state index contributed by atoms with van der Waals surface area (Å²) in [6.45, 7) is 4.75. The van der Waals surface area contributed by atoms with Gasteiger partial charge >= 0.3 is 0 Å². The van der Waals surface area contributed by atoms with Crippen molar-refractivity contribution in [1.29, 1.82) is 0 Å². The quantitative estimate of drug-likeness (QED) is 0.748. The molecule has 0 aliphatic carbocycles. The van der Waals surface area contributed by atoms with Crippen molar-refractivity contribution >= 4 is 18.7 Å². The third kappa shape index (κ3) is 4.37. The summed E-state index contributed by atoms with van der Waals surface area (Å²) in [5.41, 5.74) is 0.515. The molecule has 112 valence electrons. The summed E-state index contributed by atoms with van der Waals surface area (Å²) >= 11 is 0. The summed E-state index contributed by atoms with van der Waals surface area (Å²) in [5, 5.41) is 0. The number of ether oxygens (including phenoxy) is 3. The second-order valence-corrected chi connectivity index (χ2v) is 4.30. The van der Waals surface area contributed by atoms with E-state index < -0.39 is 0 Å². The van der Waals surface area contributed by atoms with Gasteiger partial charge < -0.3 is 14.2 Å². The van der Waals surface area contributed by atoms with Crippen LogP contribution in [0.5, 0.6) is 11.5 Å². The normalized spacial score (nSPS) is 15.2. The fourth-order valence-electron chi connectivity index (χ4n) is 2.04. The molecule has 1 aromatic rings. The van der Waals surface area contributed by atoms with E-state index in [0.717, 1.165) is 39.1 Å². The van der Waals surface area contributed by atoms with Gasteiger partial charge in [-0.1, -0.05) is 6.07 Å². The number of para-hydroxylation sites is 1.